The molecule has 5 unspecified atom stereocenters. The first-order valence-corrected chi connectivity index (χ1v) is 20.1. The van der Waals surface area contributed by atoms with Crippen LogP contribution in [-0.4, -0.2) is 22.3 Å². The molecule has 234 valence electrons. The van der Waals surface area contributed by atoms with Crippen LogP contribution in [0.2, 0.25) is 0 Å². The Kier molecular flexibility index (Phi) is 8.82. The topological polar surface area (TPSA) is 102 Å². The number of para-hydroxylation sites is 5. The predicted molar refractivity (Wildman–Crippen MR) is 185 cm³/mol. The normalized spacial score (nSPS) is 26.3. The number of hydrogen-bond acceptors (Lipinski definition) is 9. The van der Waals surface area contributed by atoms with E-state index in [4.69, 9.17) is 22.8 Å². The summed E-state index contributed by atoms with van der Waals surface area (Å²) in [5.41, 5.74) is 0. The van der Waals surface area contributed by atoms with Crippen LogP contribution in [0.5, 0.6) is 28.7 Å². The van der Waals surface area contributed by atoms with Gasteiger partial charge in [0.1, 0.15) is 5.75 Å². The van der Waals surface area contributed by atoms with Crippen molar-refractivity contribution in [2.45, 2.75) is 24.3 Å². The summed E-state index contributed by atoms with van der Waals surface area (Å²) in [5, 5.41) is 7.24. The van der Waals surface area contributed by atoms with Crippen molar-refractivity contribution in [1.82, 2.24) is 15.0 Å². The van der Waals surface area contributed by atoms with Gasteiger partial charge in [-0.2, -0.15) is 4.89 Å². The minimum absolute atomic E-state index is 0.444. The summed E-state index contributed by atoms with van der Waals surface area (Å²) in [7, 11) is -9.91. The molecule has 0 aliphatic carbocycles. The Hall–Kier alpha value is -3.77. The van der Waals surface area contributed by atoms with E-state index in [1.165, 1.54) is 0 Å². The van der Waals surface area contributed by atoms with Crippen molar-refractivity contribution in [2.75, 3.05) is 0 Å². The number of hydrogen-bond donors (Lipinski definition) is 4. The molecule has 7 rings (SSSR count). The molecule has 0 amide bonds. The molecular formula is C34H35N3O6P3+3. The Morgan fingerprint density at radius 3 is 1.35 bits per heavy atom. The molecule has 2 aliphatic heterocycles. The summed E-state index contributed by atoms with van der Waals surface area (Å²) in [5.74, 6) is 1.54. The Labute approximate surface area is 270 Å². The van der Waals surface area contributed by atoms with Crippen LogP contribution in [-0.2, 0) is 0 Å². The zero-order valence-corrected chi connectivity index (χ0v) is 27.7. The van der Waals surface area contributed by atoms with E-state index in [-0.39, 0.29) is 0 Å². The number of ether oxygens (including phenoxy) is 1. The van der Waals surface area contributed by atoms with E-state index in [1.54, 1.807) is 12.1 Å². The van der Waals surface area contributed by atoms with E-state index < -0.39 is 40.9 Å². The Morgan fingerprint density at radius 2 is 0.891 bits per heavy atom. The average Bonchev–Trinajstić information content (AvgIpc) is 3.62. The van der Waals surface area contributed by atoms with Crippen LogP contribution in [0.4, 0.5) is 0 Å². The third kappa shape index (κ3) is 6.69. The van der Waals surface area contributed by atoms with Crippen LogP contribution in [0.15, 0.2) is 152 Å². The van der Waals surface area contributed by atoms with Gasteiger partial charge < -0.3 is 9.26 Å². The van der Waals surface area contributed by atoms with Crippen molar-refractivity contribution in [3.8, 4) is 28.7 Å². The van der Waals surface area contributed by atoms with Gasteiger partial charge in [0.15, 0.2) is 23.0 Å². The maximum Gasteiger partial charge on any atom is 0.515 e. The van der Waals surface area contributed by atoms with Crippen molar-refractivity contribution in [2.24, 2.45) is 0 Å². The smallest absolute Gasteiger partial charge is 0.446 e. The zero-order chi connectivity index (χ0) is 31.5. The lowest BCUT2D eigenvalue weighted by Gasteiger charge is -2.31. The zero-order valence-electron chi connectivity index (χ0n) is 25.0. The van der Waals surface area contributed by atoms with Gasteiger partial charge in [0.2, 0.25) is 5.78 Å². The number of fused-ring (bicyclic) bond motifs is 1. The number of rotatable bonds is 10. The second-order valence-electron chi connectivity index (χ2n) is 10.8. The van der Waals surface area contributed by atoms with Crippen molar-refractivity contribution < 1.29 is 27.7 Å². The third-order valence-corrected chi connectivity index (χ3v) is 16.6. The molecule has 2 fully saturated rings. The highest BCUT2D eigenvalue weighted by Gasteiger charge is 2.90. The molecule has 0 bridgehead atoms. The van der Waals surface area contributed by atoms with Crippen LogP contribution in [0.3, 0.4) is 0 Å². The summed E-state index contributed by atoms with van der Waals surface area (Å²) >= 11 is 0. The van der Waals surface area contributed by atoms with E-state index in [2.05, 4.69) is 15.0 Å². The highest BCUT2D eigenvalue weighted by Crippen LogP contribution is 2.85. The molecule has 0 radical (unpaired) electrons. The highest BCUT2D eigenvalue weighted by molar-refractivity contribution is 7.84. The van der Waals surface area contributed by atoms with Crippen molar-refractivity contribution >= 4 is 23.5 Å². The van der Waals surface area contributed by atoms with Crippen LogP contribution >= 0.6 is 23.5 Å². The lowest BCUT2D eigenvalue weighted by Crippen LogP contribution is -2.46. The van der Waals surface area contributed by atoms with Crippen LogP contribution in [0.1, 0.15) is 6.92 Å². The van der Waals surface area contributed by atoms with Crippen LogP contribution in [0, 0.1) is 0 Å². The second-order valence-corrected chi connectivity index (χ2v) is 18.5. The molecule has 2 saturated heterocycles. The molecule has 2 aliphatic rings. The fraction of sp³-hybridized carbons (Fsp3) is 0.118. The van der Waals surface area contributed by atoms with Gasteiger partial charge in [-0.25, -0.2) is 0 Å². The minimum atomic E-state index is -3.77. The molecular weight excluding hydrogens is 639 g/mol. The molecule has 0 aromatic heterocycles. The molecule has 0 saturated carbocycles. The van der Waals surface area contributed by atoms with Gasteiger partial charge in [-0.05, 0) is 67.6 Å². The molecule has 46 heavy (non-hydrogen) atoms. The third-order valence-electron chi connectivity index (χ3n) is 7.40. The summed E-state index contributed by atoms with van der Waals surface area (Å²) in [6.45, 7) is 1.98. The van der Waals surface area contributed by atoms with Gasteiger partial charge >= 0.3 is 29.4 Å². The molecule has 4 N–H and O–H groups in total. The number of nitrogens with one attached hydrogen (secondary N) is 3. The van der Waals surface area contributed by atoms with Crippen LogP contribution in [0.25, 0.3) is 0 Å². The van der Waals surface area contributed by atoms with Crippen LogP contribution < -0.4 is 37.9 Å². The Balaban J connectivity index is 1.35. The maximum absolute atomic E-state index is 12.6. The fourth-order valence-corrected chi connectivity index (χ4v) is 15.7. The molecule has 5 atom stereocenters. The monoisotopic (exact) mass is 674 g/mol. The quantitative estimate of drug-likeness (QED) is 0.109. The second kappa shape index (κ2) is 13.2. The fourth-order valence-electron chi connectivity index (χ4n) is 5.19. The molecule has 9 nitrogen and oxygen atoms in total. The lowest BCUT2D eigenvalue weighted by molar-refractivity contribution is 0.302. The first kappa shape index (κ1) is 30.9. The van der Waals surface area contributed by atoms with Gasteiger partial charge in [-0.3, -0.25) is 13.6 Å². The standard InChI is InChI=1S/C34H35N3O6P3/c1-27-35-44(40-29-19-9-3-10-20-29)33(34(44)39-28-17-7-2-8-18-28)36-46(38,43-32-25-15-6-16-26-32)37-45(27,41-30-21-11-4-12-22-30)42-31-23-13-5-14-24-31/h2-27,33-38H,1H3/q+3. The lowest BCUT2D eigenvalue weighted by atomic mass is 10.3. The first-order valence-electron chi connectivity index (χ1n) is 14.9. The minimum Gasteiger partial charge on any atom is -0.446 e. The van der Waals surface area contributed by atoms with E-state index in [1.807, 2.05) is 146 Å². The Morgan fingerprint density at radius 1 is 0.500 bits per heavy atom. The van der Waals surface area contributed by atoms with E-state index >= 15 is 0 Å². The summed E-state index contributed by atoms with van der Waals surface area (Å²) in [4.78, 5) is 16.0. The van der Waals surface area contributed by atoms with Gasteiger partial charge in [-0.15, -0.1) is 5.09 Å². The highest BCUT2D eigenvalue weighted by atomic mass is 31.3. The summed E-state index contributed by atoms with van der Waals surface area (Å²) < 4.78 is 33.6. The average molecular weight is 675 g/mol. The first-order chi connectivity index (χ1) is 22.5. The molecule has 0 spiro atoms. The van der Waals surface area contributed by atoms with Gasteiger partial charge in [0, 0.05) is 0 Å². The van der Waals surface area contributed by atoms with Crippen molar-refractivity contribution in [1.29, 1.82) is 0 Å². The summed E-state index contributed by atoms with van der Waals surface area (Å²) in [6.07, 6.45) is 0. The molecule has 5 aromatic rings. The summed E-state index contributed by atoms with van der Waals surface area (Å²) in [6, 6.07) is 47.3. The SMILES string of the molecule is CC1N[P+]2(Oc3ccccc3)C(N[P+](O)(Oc3ccccc3)N[P+]1(Oc1ccccc1)Oc1ccccc1)C2Oc1ccccc1. The number of benzene rings is 5. The predicted octanol–water partition coefficient (Wildman–Crippen LogP) is 8.46. The van der Waals surface area contributed by atoms with E-state index in [0.29, 0.717) is 28.7 Å². The van der Waals surface area contributed by atoms with E-state index in [9.17, 15) is 4.89 Å². The van der Waals surface area contributed by atoms with Crippen molar-refractivity contribution in [3.05, 3.63) is 152 Å². The maximum atomic E-state index is 12.6. The van der Waals surface area contributed by atoms with E-state index in [0.717, 1.165) is 0 Å². The van der Waals surface area contributed by atoms with Gasteiger partial charge in [-0.1, -0.05) is 96.1 Å². The van der Waals surface area contributed by atoms with Crippen molar-refractivity contribution in [3.63, 3.8) is 0 Å². The molecule has 5 aromatic carbocycles. The molecule has 2 heterocycles. The van der Waals surface area contributed by atoms with Gasteiger partial charge in [0.05, 0.1) is 4.86 Å². The Bertz CT molecular complexity index is 1670. The largest absolute Gasteiger partial charge is 0.515 e. The molecule has 12 heteroatoms. The van der Waals surface area contributed by atoms with Gasteiger partial charge in [0.25, 0.3) is 5.78 Å².